The van der Waals surface area contributed by atoms with E-state index in [1.807, 2.05) is 61.7 Å². The molecule has 0 unspecified atom stereocenters. The molecule has 242 valence electrons. The number of aromatic nitrogens is 1. The van der Waals surface area contributed by atoms with Gasteiger partial charge in [0, 0.05) is 41.3 Å². The minimum absolute atomic E-state index is 0.0482. The zero-order valence-electron chi connectivity index (χ0n) is 27.0. The second-order valence-electron chi connectivity index (χ2n) is 11.3. The van der Waals surface area contributed by atoms with Crippen LogP contribution < -0.4 is 20.5 Å². The molecule has 1 fully saturated rings. The van der Waals surface area contributed by atoms with Crippen LogP contribution in [0.15, 0.2) is 76.6 Å². The number of amidine groups is 1. The molecule has 0 spiro atoms. The zero-order valence-corrected chi connectivity index (χ0v) is 27.0. The van der Waals surface area contributed by atoms with Crippen molar-refractivity contribution in [1.29, 1.82) is 0 Å². The molecule has 1 aliphatic heterocycles. The summed E-state index contributed by atoms with van der Waals surface area (Å²) >= 11 is 0. The van der Waals surface area contributed by atoms with Crippen LogP contribution in [-0.2, 0) is 9.59 Å². The molecule has 2 amide bonds. The van der Waals surface area contributed by atoms with Crippen LogP contribution in [0.5, 0.6) is 11.5 Å². The lowest BCUT2D eigenvalue weighted by Crippen LogP contribution is -2.43. The summed E-state index contributed by atoms with van der Waals surface area (Å²) in [6.07, 6.45) is 11.0. The molecule has 1 saturated carbocycles. The van der Waals surface area contributed by atoms with Gasteiger partial charge in [0.15, 0.2) is 11.5 Å². The van der Waals surface area contributed by atoms with Gasteiger partial charge in [-0.3, -0.25) is 9.59 Å². The topological polar surface area (TPSA) is 135 Å². The third-order valence-electron chi connectivity index (χ3n) is 8.03. The maximum atomic E-state index is 12.1. The molecule has 3 N–H and O–H groups in total. The lowest BCUT2D eigenvalue weighted by Gasteiger charge is -2.35. The first kappa shape index (κ1) is 33.7. The van der Waals surface area contributed by atoms with E-state index in [2.05, 4.69) is 32.0 Å². The summed E-state index contributed by atoms with van der Waals surface area (Å²) in [5.74, 6) is 2.96. The third kappa shape index (κ3) is 8.71. The summed E-state index contributed by atoms with van der Waals surface area (Å²) in [4.78, 5) is 32.9. The number of ether oxygens (including phenoxy) is 2. The number of hydrazone groups is 1. The summed E-state index contributed by atoms with van der Waals surface area (Å²) in [7, 11) is 3.20. The normalized spacial score (nSPS) is 15.3. The predicted molar refractivity (Wildman–Crippen MR) is 184 cm³/mol. The number of aliphatic imine (C=N–C) groups is 1. The van der Waals surface area contributed by atoms with E-state index in [-0.39, 0.29) is 5.91 Å². The van der Waals surface area contributed by atoms with Crippen LogP contribution >= 0.6 is 0 Å². The molecule has 0 radical (unpaired) electrons. The average Bonchev–Trinajstić information content (AvgIpc) is 3.08. The summed E-state index contributed by atoms with van der Waals surface area (Å²) in [5.41, 5.74) is 11.1. The number of nitrogen functional groups attached to an aromatic ring is 1. The third-order valence-corrected chi connectivity index (χ3v) is 8.03. The minimum atomic E-state index is -0.0482. The van der Waals surface area contributed by atoms with Crippen molar-refractivity contribution in [2.24, 2.45) is 16.0 Å². The molecule has 5 rings (SSSR count). The Labute approximate surface area is 270 Å². The molecule has 2 heterocycles. The van der Waals surface area contributed by atoms with Gasteiger partial charge in [-0.15, -0.1) is 0 Å². The van der Waals surface area contributed by atoms with E-state index in [0.29, 0.717) is 41.9 Å². The summed E-state index contributed by atoms with van der Waals surface area (Å²) in [6.45, 7) is 8.55. The highest BCUT2D eigenvalue weighted by Crippen LogP contribution is 2.35. The first-order valence-electron chi connectivity index (χ1n) is 15.3. The number of nitrogens with zero attached hydrogens (tertiary/aromatic N) is 5. The number of nitrogens with one attached hydrogen (secondary N) is 1. The van der Waals surface area contributed by atoms with Gasteiger partial charge in [0.1, 0.15) is 18.3 Å². The Kier molecular flexibility index (Phi) is 11.9. The van der Waals surface area contributed by atoms with E-state index >= 15 is 0 Å². The molecule has 0 atom stereocenters. The highest BCUT2D eigenvalue weighted by Gasteiger charge is 2.25. The number of carbonyl (C=O) groups excluding carboxylic acids is 2. The van der Waals surface area contributed by atoms with Gasteiger partial charge in [0.25, 0.3) is 5.91 Å². The monoisotopic (exact) mass is 625 g/mol. The standard InChI is InChI=1S/C20H19N3O3.C15H24N4O/c1-25-18-8-5-14(10-19(18)26-2)15-9-17(20(21)22-11-15)13-3-6-16(7-4-13)23-12-24;1-12-9-18(10-14-7-5-4-6-8-14)11-19(15(12)20)17-13(2)16-3/h3-12H,1-2H3,(H2,21,22)(H,23,24);9,14H,3-8,10-11H2,1-2H3/b;17-13-. The largest absolute Gasteiger partial charge is 0.493 e. The van der Waals surface area contributed by atoms with E-state index in [9.17, 15) is 9.59 Å². The number of hydrogen-bond acceptors (Lipinski definition) is 8. The van der Waals surface area contributed by atoms with Gasteiger partial charge < -0.3 is 25.4 Å². The second-order valence-corrected chi connectivity index (χ2v) is 11.3. The van der Waals surface area contributed by atoms with Crippen molar-refractivity contribution in [3.63, 3.8) is 0 Å². The summed E-state index contributed by atoms with van der Waals surface area (Å²) < 4.78 is 10.6. The highest BCUT2D eigenvalue weighted by molar-refractivity contribution is 5.94. The van der Waals surface area contributed by atoms with Crippen molar-refractivity contribution in [3.8, 4) is 33.8 Å². The molecule has 0 bridgehead atoms. The van der Waals surface area contributed by atoms with Gasteiger partial charge in [0.05, 0.1) is 14.2 Å². The maximum Gasteiger partial charge on any atom is 0.272 e. The first-order valence-corrected chi connectivity index (χ1v) is 15.3. The Hall–Kier alpha value is -5.19. The highest BCUT2D eigenvalue weighted by atomic mass is 16.5. The van der Waals surface area contributed by atoms with E-state index in [0.717, 1.165) is 40.3 Å². The number of pyridine rings is 1. The van der Waals surface area contributed by atoms with Gasteiger partial charge >= 0.3 is 0 Å². The number of anilines is 2. The average molecular weight is 626 g/mol. The number of amides is 2. The SMILES string of the molecule is C=N/C(C)=N\N1CN(CC2CCCCC2)C=C(C)C1=O.COc1ccc(-c2cnc(N)c(-c3ccc(NC=O)cc3)c2)cc1OC. The molecular weight excluding hydrogens is 582 g/mol. The van der Waals surface area contributed by atoms with E-state index in [4.69, 9.17) is 15.2 Å². The number of carbonyl (C=O) groups is 2. The van der Waals surface area contributed by atoms with Crippen molar-refractivity contribution in [2.75, 3.05) is 38.5 Å². The molecule has 2 aliphatic rings. The predicted octanol–water partition coefficient (Wildman–Crippen LogP) is 6.19. The minimum Gasteiger partial charge on any atom is -0.493 e. The van der Waals surface area contributed by atoms with Crippen molar-refractivity contribution >= 4 is 36.4 Å². The fourth-order valence-corrected chi connectivity index (χ4v) is 5.60. The Morgan fingerprint density at radius 2 is 1.74 bits per heavy atom. The molecular formula is C35H43N7O4. The molecule has 1 aromatic heterocycles. The molecule has 1 aliphatic carbocycles. The Morgan fingerprint density at radius 1 is 1.04 bits per heavy atom. The van der Waals surface area contributed by atoms with Gasteiger partial charge in [-0.05, 0) is 80.8 Å². The molecule has 11 heteroatoms. The lowest BCUT2D eigenvalue weighted by atomic mass is 9.89. The second kappa shape index (κ2) is 16.2. The van der Waals surface area contributed by atoms with Crippen LogP contribution in [0.3, 0.4) is 0 Å². The number of hydrogen-bond donors (Lipinski definition) is 2. The van der Waals surface area contributed by atoms with Gasteiger partial charge in [0.2, 0.25) is 6.41 Å². The van der Waals surface area contributed by atoms with Gasteiger partial charge in [-0.1, -0.05) is 37.5 Å². The number of benzene rings is 2. The quantitative estimate of drug-likeness (QED) is 0.164. The molecule has 46 heavy (non-hydrogen) atoms. The first-order chi connectivity index (χ1) is 22.3. The molecule has 11 nitrogen and oxygen atoms in total. The van der Waals surface area contributed by atoms with Crippen LogP contribution in [0.25, 0.3) is 22.3 Å². The van der Waals surface area contributed by atoms with Gasteiger partial charge in [-0.2, -0.15) is 5.10 Å². The number of methoxy groups -OCH3 is 2. The Morgan fingerprint density at radius 3 is 2.39 bits per heavy atom. The van der Waals surface area contributed by atoms with Crippen LogP contribution in [-0.4, -0.2) is 67.2 Å². The van der Waals surface area contributed by atoms with Crippen molar-refractivity contribution in [3.05, 3.63) is 66.5 Å². The Bertz CT molecular complexity index is 1580. The fraction of sp³-hybridized carbons (Fsp3) is 0.343. The van der Waals surface area contributed by atoms with Crippen LogP contribution in [0, 0.1) is 5.92 Å². The molecule has 2 aromatic carbocycles. The lowest BCUT2D eigenvalue weighted by molar-refractivity contribution is -0.130. The van der Waals surface area contributed by atoms with E-state index in [1.165, 1.54) is 37.1 Å². The van der Waals surface area contributed by atoms with Crippen LogP contribution in [0.4, 0.5) is 11.5 Å². The smallest absolute Gasteiger partial charge is 0.272 e. The van der Waals surface area contributed by atoms with E-state index in [1.54, 1.807) is 27.3 Å². The van der Waals surface area contributed by atoms with Crippen LogP contribution in [0.2, 0.25) is 0 Å². The number of rotatable bonds is 9. The van der Waals surface area contributed by atoms with Gasteiger partial charge in [-0.25, -0.2) is 15.0 Å². The van der Waals surface area contributed by atoms with E-state index < -0.39 is 0 Å². The van der Waals surface area contributed by atoms with Crippen molar-refractivity contribution in [1.82, 2.24) is 14.9 Å². The molecule has 3 aromatic rings. The summed E-state index contributed by atoms with van der Waals surface area (Å²) in [6, 6.07) is 15.1. The van der Waals surface area contributed by atoms with Crippen molar-refractivity contribution in [2.45, 2.75) is 46.0 Å². The maximum absolute atomic E-state index is 12.1. The number of nitrogens with two attached hydrogens (primary N) is 1. The summed E-state index contributed by atoms with van der Waals surface area (Å²) in [5, 5.41) is 8.31. The fourth-order valence-electron chi connectivity index (χ4n) is 5.60. The molecule has 0 saturated heterocycles. The zero-order chi connectivity index (χ0) is 33.1. The van der Waals surface area contributed by atoms with Crippen molar-refractivity contribution < 1.29 is 19.1 Å². The Balaban J connectivity index is 0.000000216. The van der Waals surface area contributed by atoms with Crippen LogP contribution in [0.1, 0.15) is 46.0 Å².